The first kappa shape index (κ1) is 20.8. The highest BCUT2D eigenvalue weighted by Gasteiger charge is 2.13. The lowest BCUT2D eigenvalue weighted by molar-refractivity contribution is 0.0697. The van der Waals surface area contributed by atoms with Crippen LogP contribution >= 0.6 is 0 Å². The van der Waals surface area contributed by atoms with Gasteiger partial charge in [0, 0.05) is 0 Å². The summed E-state index contributed by atoms with van der Waals surface area (Å²) >= 11 is 0. The fourth-order valence-electron chi connectivity index (χ4n) is 2.82. The fourth-order valence-corrected chi connectivity index (χ4v) is 2.82. The Morgan fingerprint density at radius 3 is 2.11 bits per heavy atom. The number of carbonyl (C=O) groups is 1. The van der Waals surface area contributed by atoms with Gasteiger partial charge in [-0.3, -0.25) is 0 Å². The number of benzene rings is 2. The van der Waals surface area contributed by atoms with Gasteiger partial charge in [0.25, 0.3) is 0 Å². The van der Waals surface area contributed by atoms with Gasteiger partial charge in [-0.2, -0.15) is 0 Å². The molecule has 4 nitrogen and oxygen atoms in total. The van der Waals surface area contributed by atoms with E-state index in [4.69, 9.17) is 9.47 Å². The number of unbranched alkanes of at least 4 members (excludes halogenated alkanes) is 4. The summed E-state index contributed by atoms with van der Waals surface area (Å²) in [5.74, 6) is 0.560. The van der Waals surface area contributed by atoms with E-state index in [-0.39, 0.29) is 5.56 Å². The lowest BCUT2D eigenvalue weighted by atomic mass is 9.99. The summed E-state index contributed by atoms with van der Waals surface area (Å²) in [5, 5.41) is 9.52. The Labute approximate surface area is 162 Å². The minimum Gasteiger partial charge on any atom is -0.494 e. The summed E-state index contributed by atoms with van der Waals surface area (Å²) in [4.78, 5) is 11.6. The predicted molar refractivity (Wildman–Crippen MR) is 109 cm³/mol. The van der Waals surface area contributed by atoms with Crippen LogP contribution in [0.25, 0.3) is 11.1 Å². The first-order valence-electron chi connectivity index (χ1n) is 9.89. The number of ether oxygens (including phenoxy) is 2. The maximum Gasteiger partial charge on any atom is 0.336 e. The second-order valence-corrected chi connectivity index (χ2v) is 6.65. The van der Waals surface area contributed by atoms with Gasteiger partial charge in [0.1, 0.15) is 11.5 Å². The largest absolute Gasteiger partial charge is 0.494 e. The van der Waals surface area contributed by atoms with Crippen molar-refractivity contribution in [3.05, 3.63) is 48.0 Å². The quantitative estimate of drug-likeness (QED) is 0.453. The molecule has 2 aromatic rings. The van der Waals surface area contributed by atoms with Crippen molar-refractivity contribution in [1.82, 2.24) is 0 Å². The number of carboxylic acid groups (broad SMARTS) is 1. The van der Waals surface area contributed by atoms with Crippen molar-refractivity contribution in [2.45, 2.75) is 52.4 Å². The molecule has 0 fully saturated rings. The van der Waals surface area contributed by atoms with Crippen LogP contribution in [-0.4, -0.2) is 24.3 Å². The lowest BCUT2D eigenvalue weighted by Crippen LogP contribution is -2.02. The average molecular weight is 370 g/mol. The predicted octanol–water partition coefficient (Wildman–Crippen LogP) is 6.19. The second kappa shape index (κ2) is 11.3. The molecule has 0 radical (unpaired) electrons. The Balaban J connectivity index is 2.12. The molecule has 2 rings (SSSR count). The Morgan fingerprint density at radius 1 is 0.815 bits per heavy atom. The van der Waals surface area contributed by atoms with E-state index in [2.05, 4.69) is 13.8 Å². The molecule has 0 amide bonds. The molecule has 0 unspecified atom stereocenters. The molecule has 27 heavy (non-hydrogen) atoms. The highest BCUT2D eigenvalue weighted by Crippen LogP contribution is 2.30. The average Bonchev–Trinajstić information content (AvgIpc) is 2.68. The molecule has 0 aliphatic carbocycles. The first-order valence-corrected chi connectivity index (χ1v) is 9.89. The molecule has 146 valence electrons. The van der Waals surface area contributed by atoms with Gasteiger partial charge in [-0.25, -0.2) is 4.79 Å². The number of rotatable bonds is 12. The molecular weight excluding hydrogens is 340 g/mol. The summed E-state index contributed by atoms with van der Waals surface area (Å²) in [6.07, 6.45) is 6.66. The molecule has 1 N–H and O–H groups in total. The van der Waals surface area contributed by atoms with Crippen molar-refractivity contribution >= 4 is 5.97 Å². The topological polar surface area (TPSA) is 55.8 Å². The number of hydrogen-bond acceptors (Lipinski definition) is 3. The maximum absolute atomic E-state index is 11.6. The van der Waals surface area contributed by atoms with Crippen LogP contribution in [-0.2, 0) is 0 Å². The molecule has 4 heteroatoms. The lowest BCUT2D eigenvalue weighted by Gasteiger charge is -2.12. The van der Waals surface area contributed by atoms with Crippen molar-refractivity contribution in [3.8, 4) is 22.6 Å². The van der Waals surface area contributed by atoms with E-state index in [0.29, 0.717) is 24.5 Å². The molecule has 0 atom stereocenters. The van der Waals surface area contributed by atoms with Gasteiger partial charge in [-0.15, -0.1) is 0 Å². The minimum atomic E-state index is -0.942. The molecule has 0 aliphatic rings. The highest BCUT2D eigenvalue weighted by molar-refractivity contribution is 5.96. The zero-order valence-corrected chi connectivity index (χ0v) is 16.4. The van der Waals surface area contributed by atoms with Gasteiger partial charge >= 0.3 is 5.97 Å². The molecule has 2 aromatic carbocycles. The zero-order valence-electron chi connectivity index (χ0n) is 16.4. The van der Waals surface area contributed by atoms with Crippen molar-refractivity contribution < 1.29 is 19.4 Å². The molecule has 0 heterocycles. The van der Waals surface area contributed by atoms with Crippen molar-refractivity contribution in [1.29, 1.82) is 0 Å². The third-order valence-corrected chi connectivity index (χ3v) is 4.42. The van der Waals surface area contributed by atoms with E-state index in [1.165, 1.54) is 12.8 Å². The molecule has 0 aromatic heterocycles. The number of aromatic carboxylic acids is 1. The summed E-state index contributed by atoms with van der Waals surface area (Å²) in [7, 11) is 0. The normalized spacial score (nSPS) is 10.6. The zero-order chi connectivity index (χ0) is 19.5. The van der Waals surface area contributed by atoms with Gasteiger partial charge in [0.05, 0.1) is 18.8 Å². The van der Waals surface area contributed by atoms with Gasteiger partial charge in [0.2, 0.25) is 0 Å². The van der Waals surface area contributed by atoms with Crippen LogP contribution in [0.1, 0.15) is 62.7 Å². The third kappa shape index (κ3) is 6.63. The molecule has 0 saturated heterocycles. The first-order chi connectivity index (χ1) is 13.2. The van der Waals surface area contributed by atoms with E-state index in [9.17, 15) is 9.90 Å². The summed E-state index contributed by atoms with van der Waals surface area (Å²) in [5.41, 5.74) is 1.77. The van der Waals surface area contributed by atoms with Crippen LogP contribution in [0.15, 0.2) is 42.5 Å². The molecule has 0 saturated carbocycles. The van der Waals surface area contributed by atoms with Gasteiger partial charge in [-0.05, 0) is 54.3 Å². The van der Waals surface area contributed by atoms with E-state index >= 15 is 0 Å². The Hall–Kier alpha value is -2.49. The van der Waals surface area contributed by atoms with Gasteiger partial charge in [-0.1, -0.05) is 51.7 Å². The van der Waals surface area contributed by atoms with Crippen molar-refractivity contribution in [2.75, 3.05) is 13.2 Å². The minimum absolute atomic E-state index is 0.271. The van der Waals surface area contributed by atoms with E-state index in [0.717, 1.165) is 37.0 Å². The summed E-state index contributed by atoms with van der Waals surface area (Å²) < 4.78 is 11.5. The van der Waals surface area contributed by atoms with Crippen LogP contribution < -0.4 is 9.47 Å². The highest BCUT2D eigenvalue weighted by atomic mass is 16.5. The molecule has 0 aliphatic heterocycles. The molecule has 0 spiro atoms. The number of carboxylic acids is 1. The Bertz CT molecular complexity index is 707. The van der Waals surface area contributed by atoms with Gasteiger partial charge in [0.15, 0.2) is 0 Å². The second-order valence-electron chi connectivity index (χ2n) is 6.65. The molecule has 0 bridgehead atoms. The SMILES string of the molecule is CCCCCCOc1ccc(C(=O)O)c(-c2ccc(OCCCC)cc2)c1. The van der Waals surface area contributed by atoms with E-state index < -0.39 is 5.97 Å². The van der Waals surface area contributed by atoms with Gasteiger partial charge < -0.3 is 14.6 Å². The van der Waals surface area contributed by atoms with Crippen LogP contribution in [0.3, 0.4) is 0 Å². The van der Waals surface area contributed by atoms with Crippen LogP contribution in [0.2, 0.25) is 0 Å². The Morgan fingerprint density at radius 2 is 1.44 bits per heavy atom. The smallest absolute Gasteiger partial charge is 0.336 e. The number of hydrogen-bond donors (Lipinski definition) is 1. The van der Waals surface area contributed by atoms with Crippen LogP contribution in [0.5, 0.6) is 11.5 Å². The maximum atomic E-state index is 11.6. The van der Waals surface area contributed by atoms with Crippen LogP contribution in [0.4, 0.5) is 0 Å². The monoisotopic (exact) mass is 370 g/mol. The summed E-state index contributed by atoms with van der Waals surface area (Å²) in [6, 6.07) is 12.7. The molecular formula is C23H30O4. The van der Waals surface area contributed by atoms with Crippen molar-refractivity contribution in [2.24, 2.45) is 0 Å². The Kier molecular flexibility index (Phi) is 8.69. The third-order valence-electron chi connectivity index (χ3n) is 4.42. The van der Waals surface area contributed by atoms with Crippen molar-refractivity contribution in [3.63, 3.8) is 0 Å². The summed E-state index contributed by atoms with van der Waals surface area (Å²) in [6.45, 7) is 5.64. The van der Waals surface area contributed by atoms with E-state index in [1.54, 1.807) is 12.1 Å². The fraction of sp³-hybridized carbons (Fsp3) is 0.435. The van der Waals surface area contributed by atoms with Crippen LogP contribution in [0, 0.1) is 0 Å². The van der Waals surface area contributed by atoms with E-state index in [1.807, 2.05) is 30.3 Å². The standard InChI is InChI=1S/C23H30O4/c1-3-5-7-8-16-27-20-13-14-21(23(24)25)22(17-20)18-9-11-19(12-10-18)26-15-6-4-2/h9-14,17H,3-8,15-16H2,1-2H3,(H,24,25).